The van der Waals surface area contributed by atoms with E-state index in [4.69, 9.17) is 9.57 Å². The lowest BCUT2D eigenvalue weighted by atomic mass is 10.2. The van der Waals surface area contributed by atoms with Gasteiger partial charge in [-0.1, -0.05) is 13.8 Å². The van der Waals surface area contributed by atoms with Crippen LogP contribution in [-0.4, -0.2) is 26.2 Å². The number of hydrogen-bond acceptors (Lipinski definition) is 3. The van der Waals surface area contributed by atoms with E-state index in [0.29, 0.717) is 25.6 Å². The maximum Gasteiger partial charge on any atom is 0.243 e. The molecule has 0 aromatic rings. The van der Waals surface area contributed by atoms with Crippen molar-refractivity contribution in [2.24, 2.45) is 5.92 Å². The number of carbonyl (C=O) groups is 1. The third-order valence-electron chi connectivity index (χ3n) is 1.35. The molecule has 4 nitrogen and oxygen atoms in total. The molecular formula is C9H19NO3. The van der Waals surface area contributed by atoms with Crippen LogP contribution in [0, 0.1) is 5.92 Å². The summed E-state index contributed by atoms with van der Waals surface area (Å²) in [5, 5.41) is 0. The minimum absolute atomic E-state index is 0.0855. The highest BCUT2D eigenvalue weighted by Gasteiger charge is 2.00. The first-order valence-electron chi connectivity index (χ1n) is 4.56. The molecule has 0 aliphatic heterocycles. The lowest BCUT2D eigenvalue weighted by molar-refractivity contribution is -0.134. The average molecular weight is 189 g/mol. The van der Waals surface area contributed by atoms with Gasteiger partial charge in [-0.25, -0.2) is 5.48 Å². The van der Waals surface area contributed by atoms with Gasteiger partial charge in [0.25, 0.3) is 0 Å². The first kappa shape index (κ1) is 12.4. The van der Waals surface area contributed by atoms with E-state index in [-0.39, 0.29) is 5.91 Å². The number of nitrogens with one attached hydrogen (secondary N) is 1. The Bertz CT molecular complexity index is 137. The van der Waals surface area contributed by atoms with Crippen molar-refractivity contribution in [1.82, 2.24) is 5.48 Å². The molecule has 78 valence electrons. The smallest absolute Gasteiger partial charge is 0.243 e. The SMILES string of the molecule is COCCCC(=O)NOCC(C)C. The van der Waals surface area contributed by atoms with Crippen molar-refractivity contribution >= 4 is 5.91 Å². The van der Waals surface area contributed by atoms with Crippen molar-refractivity contribution in [2.75, 3.05) is 20.3 Å². The lowest BCUT2D eigenvalue weighted by Gasteiger charge is -2.07. The predicted molar refractivity (Wildman–Crippen MR) is 50.0 cm³/mol. The highest BCUT2D eigenvalue weighted by atomic mass is 16.6. The predicted octanol–water partition coefficient (Wildman–Crippen LogP) is 1.12. The Balaban J connectivity index is 3.20. The molecule has 0 aromatic heterocycles. The summed E-state index contributed by atoms with van der Waals surface area (Å²) in [5.41, 5.74) is 2.38. The van der Waals surface area contributed by atoms with Gasteiger partial charge in [0.1, 0.15) is 0 Å². The van der Waals surface area contributed by atoms with Crippen LogP contribution in [0.5, 0.6) is 0 Å². The van der Waals surface area contributed by atoms with Crippen LogP contribution in [0.1, 0.15) is 26.7 Å². The van der Waals surface area contributed by atoms with Crippen LogP contribution in [0.3, 0.4) is 0 Å². The van der Waals surface area contributed by atoms with Crippen molar-refractivity contribution in [3.63, 3.8) is 0 Å². The van der Waals surface area contributed by atoms with Crippen molar-refractivity contribution in [3.8, 4) is 0 Å². The molecule has 1 amide bonds. The van der Waals surface area contributed by atoms with Gasteiger partial charge in [-0.3, -0.25) is 9.63 Å². The van der Waals surface area contributed by atoms with Crippen molar-refractivity contribution in [2.45, 2.75) is 26.7 Å². The van der Waals surface area contributed by atoms with Crippen LogP contribution in [0.25, 0.3) is 0 Å². The number of hydroxylamine groups is 1. The van der Waals surface area contributed by atoms with E-state index >= 15 is 0 Å². The molecule has 0 bridgehead atoms. The number of rotatable bonds is 7. The zero-order valence-electron chi connectivity index (χ0n) is 8.63. The maximum atomic E-state index is 11.0. The van der Waals surface area contributed by atoms with Crippen molar-refractivity contribution in [3.05, 3.63) is 0 Å². The molecule has 0 fully saturated rings. The summed E-state index contributed by atoms with van der Waals surface area (Å²) in [5.74, 6) is 0.344. The van der Waals surface area contributed by atoms with Crippen LogP contribution in [0.15, 0.2) is 0 Å². The minimum atomic E-state index is -0.0855. The van der Waals surface area contributed by atoms with E-state index < -0.39 is 0 Å². The Morgan fingerprint density at radius 2 is 2.15 bits per heavy atom. The Morgan fingerprint density at radius 1 is 1.46 bits per heavy atom. The molecule has 13 heavy (non-hydrogen) atoms. The minimum Gasteiger partial charge on any atom is -0.385 e. The molecule has 4 heteroatoms. The molecule has 0 rings (SSSR count). The first-order chi connectivity index (χ1) is 6.16. The van der Waals surface area contributed by atoms with Gasteiger partial charge in [-0.05, 0) is 12.3 Å². The topological polar surface area (TPSA) is 47.6 Å². The van der Waals surface area contributed by atoms with Crippen molar-refractivity contribution < 1.29 is 14.4 Å². The molecule has 0 saturated carbocycles. The Kier molecular flexibility index (Phi) is 7.63. The zero-order chi connectivity index (χ0) is 10.1. The number of methoxy groups -OCH3 is 1. The number of amides is 1. The van der Waals surface area contributed by atoms with Crippen LogP contribution >= 0.6 is 0 Å². The van der Waals surface area contributed by atoms with Gasteiger partial charge >= 0.3 is 0 Å². The van der Waals surface area contributed by atoms with Gasteiger partial charge in [-0.15, -0.1) is 0 Å². The van der Waals surface area contributed by atoms with Gasteiger partial charge in [0.2, 0.25) is 5.91 Å². The van der Waals surface area contributed by atoms with Crippen LogP contribution < -0.4 is 5.48 Å². The van der Waals surface area contributed by atoms with E-state index in [0.717, 1.165) is 6.42 Å². The fourth-order valence-corrected chi connectivity index (χ4v) is 0.717. The third-order valence-corrected chi connectivity index (χ3v) is 1.35. The Labute approximate surface area is 79.6 Å². The summed E-state index contributed by atoms with van der Waals surface area (Å²) in [4.78, 5) is 16.0. The van der Waals surface area contributed by atoms with Gasteiger partial charge < -0.3 is 4.74 Å². The Morgan fingerprint density at radius 3 is 2.69 bits per heavy atom. The normalized spacial score (nSPS) is 10.5. The first-order valence-corrected chi connectivity index (χ1v) is 4.56. The largest absolute Gasteiger partial charge is 0.385 e. The number of ether oxygens (including phenoxy) is 1. The molecule has 0 radical (unpaired) electrons. The molecule has 0 spiro atoms. The van der Waals surface area contributed by atoms with E-state index in [1.165, 1.54) is 0 Å². The molecule has 0 heterocycles. The van der Waals surface area contributed by atoms with E-state index in [2.05, 4.69) is 5.48 Å². The van der Waals surface area contributed by atoms with Crippen LogP contribution in [0.2, 0.25) is 0 Å². The van der Waals surface area contributed by atoms with E-state index in [9.17, 15) is 4.79 Å². The molecule has 0 saturated heterocycles. The fourth-order valence-electron chi connectivity index (χ4n) is 0.717. The monoisotopic (exact) mass is 189 g/mol. The molecule has 0 aromatic carbocycles. The summed E-state index contributed by atoms with van der Waals surface area (Å²) < 4.78 is 4.81. The summed E-state index contributed by atoms with van der Waals surface area (Å²) >= 11 is 0. The molecular weight excluding hydrogens is 170 g/mol. The van der Waals surface area contributed by atoms with Gasteiger partial charge in [0.05, 0.1) is 6.61 Å². The second kappa shape index (κ2) is 8.01. The summed E-state index contributed by atoms with van der Waals surface area (Å²) in [6.45, 7) is 5.21. The van der Waals surface area contributed by atoms with Gasteiger partial charge in [0, 0.05) is 20.1 Å². The molecule has 0 atom stereocenters. The van der Waals surface area contributed by atoms with E-state index in [1.54, 1.807) is 7.11 Å². The summed E-state index contributed by atoms with van der Waals surface area (Å²) in [7, 11) is 1.62. The zero-order valence-corrected chi connectivity index (χ0v) is 8.63. The standard InChI is InChI=1S/C9H19NO3/c1-8(2)7-13-10-9(11)5-4-6-12-3/h8H,4-7H2,1-3H3,(H,10,11). The second-order valence-corrected chi connectivity index (χ2v) is 3.33. The number of hydrogen-bond donors (Lipinski definition) is 1. The Hall–Kier alpha value is -0.610. The summed E-state index contributed by atoms with van der Waals surface area (Å²) in [6.07, 6.45) is 1.18. The van der Waals surface area contributed by atoms with Crippen molar-refractivity contribution in [1.29, 1.82) is 0 Å². The molecule has 1 N–H and O–H groups in total. The maximum absolute atomic E-state index is 11.0. The van der Waals surface area contributed by atoms with Crippen LogP contribution in [-0.2, 0) is 14.4 Å². The molecule has 0 aliphatic carbocycles. The average Bonchev–Trinajstić information content (AvgIpc) is 2.04. The van der Waals surface area contributed by atoms with Crippen LogP contribution in [0.4, 0.5) is 0 Å². The quantitative estimate of drug-likeness (QED) is 0.482. The highest BCUT2D eigenvalue weighted by molar-refractivity contribution is 5.74. The fraction of sp³-hybridized carbons (Fsp3) is 0.889. The third kappa shape index (κ3) is 9.30. The second-order valence-electron chi connectivity index (χ2n) is 3.33. The van der Waals surface area contributed by atoms with Gasteiger partial charge in [-0.2, -0.15) is 0 Å². The van der Waals surface area contributed by atoms with E-state index in [1.807, 2.05) is 13.8 Å². The number of carbonyl (C=O) groups excluding carboxylic acids is 1. The lowest BCUT2D eigenvalue weighted by Crippen LogP contribution is -2.25. The van der Waals surface area contributed by atoms with Gasteiger partial charge in [0.15, 0.2) is 0 Å². The molecule has 0 aliphatic rings. The highest BCUT2D eigenvalue weighted by Crippen LogP contribution is 1.92. The molecule has 0 unspecified atom stereocenters. The summed E-state index contributed by atoms with van der Waals surface area (Å²) in [6, 6.07) is 0.